The summed E-state index contributed by atoms with van der Waals surface area (Å²) in [4.78, 5) is 33.0. The number of nitrogens with one attached hydrogen (secondary N) is 3. The molecule has 3 heterocycles. The van der Waals surface area contributed by atoms with Crippen LogP contribution in [0.3, 0.4) is 0 Å². The molecule has 3 aromatic rings. The molecule has 2 aliphatic carbocycles. The van der Waals surface area contributed by atoms with Crippen molar-refractivity contribution in [1.29, 1.82) is 0 Å². The van der Waals surface area contributed by atoms with Crippen LogP contribution in [-0.2, 0) is 4.79 Å². The summed E-state index contributed by atoms with van der Waals surface area (Å²) < 4.78 is 15.0. The number of hydrogen-bond acceptors (Lipinski definition) is 9. The van der Waals surface area contributed by atoms with Crippen LogP contribution in [0.15, 0.2) is 30.6 Å². The van der Waals surface area contributed by atoms with Crippen LogP contribution in [0.2, 0.25) is 0 Å². The Bertz CT molecular complexity index is 1290. The summed E-state index contributed by atoms with van der Waals surface area (Å²) >= 11 is 0. The van der Waals surface area contributed by atoms with E-state index in [0.717, 1.165) is 50.3 Å². The number of aliphatic hydroxyl groups excluding tert-OH is 1. The molecule has 12 heteroatoms. The van der Waals surface area contributed by atoms with Gasteiger partial charge in [0.15, 0.2) is 17.1 Å². The van der Waals surface area contributed by atoms with Crippen molar-refractivity contribution in [3.63, 3.8) is 0 Å². The second kappa shape index (κ2) is 10.8. The summed E-state index contributed by atoms with van der Waals surface area (Å²) in [6.45, 7) is -0.325. The Morgan fingerprint density at radius 2 is 1.84 bits per heavy atom. The van der Waals surface area contributed by atoms with Gasteiger partial charge in [0.05, 0.1) is 24.5 Å². The van der Waals surface area contributed by atoms with Gasteiger partial charge in [0.25, 0.3) is 5.91 Å². The Morgan fingerprint density at radius 3 is 2.54 bits per heavy atom. The quantitative estimate of drug-likeness (QED) is 0.258. The summed E-state index contributed by atoms with van der Waals surface area (Å²) in [5, 5.41) is 23.4. The highest BCUT2D eigenvalue weighted by Crippen LogP contribution is 2.31. The first-order valence-corrected chi connectivity index (χ1v) is 12.6. The minimum absolute atomic E-state index is 0.0952. The molecule has 37 heavy (non-hydrogen) atoms. The van der Waals surface area contributed by atoms with Crippen molar-refractivity contribution in [1.82, 2.24) is 19.6 Å². The van der Waals surface area contributed by atoms with Crippen molar-refractivity contribution in [2.45, 2.75) is 63.1 Å². The van der Waals surface area contributed by atoms with E-state index in [1.54, 1.807) is 0 Å². The summed E-state index contributed by atoms with van der Waals surface area (Å²) in [7, 11) is 0. The molecule has 1 amide bonds. The predicted molar refractivity (Wildman–Crippen MR) is 136 cm³/mol. The number of pyridine rings is 1. The second-order valence-corrected chi connectivity index (χ2v) is 9.88. The first-order chi connectivity index (χ1) is 17.9. The molecule has 2 aliphatic rings. The molecule has 196 valence electrons. The van der Waals surface area contributed by atoms with Crippen LogP contribution in [0.1, 0.15) is 55.4 Å². The number of rotatable bonds is 10. The van der Waals surface area contributed by atoms with E-state index in [1.807, 2.05) is 6.07 Å². The van der Waals surface area contributed by atoms with Gasteiger partial charge in [-0.15, -0.1) is 5.10 Å². The fraction of sp³-hybridized carbons (Fsp3) is 0.480. The molecular weight excluding hydrogens is 479 g/mol. The van der Waals surface area contributed by atoms with Gasteiger partial charge in [0, 0.05) is 42.5 Å². The molecule has 0 saturated heterocycles. The average molecular weight is 511 g/mol. The van der Waals surface area contributed by atoms with Crippen molar-refractivity contribution >= 4 is 34.5 Å². The van der Waals surface area contributed by atoms with Crippen molar-refractivity contribution < 1.29 is 19.1 Å². The zero-order chi connectivity index (χ0) is 25.9. The standard InChI is InChI=1S/C25H31FN8O3/c26-22-10-17(7-8-28-22)32-25(37)20-12-29-24-19(30-15-5-6-15)11-23(33-34(20)24)31-16-3-1-14(2-4-16)9-21(36)18(27)13-35/h7-8,10-12,14-16,18,30,35H,1-6,9,13,27H2,(H,31,33)(H,28,32,37)/t14?,16?,18-/m1/s1. The number of halogens is 1. The lowest BCUT2D eigenvalue weighted by Crippen LogP contribution is -2.36. The van der Waals surface area contributed by atoms with E-state index in [2.05, 4.69) is 31.0 Å². The molecule has 0 radical (unpaired) electrons. The number of nitrogens with zero attached hydrogens (tertiary/aromatic N) is 4. The number of imidazole rings is 1. The highest BCUT2D eigenvalue weighted by atomic mass is 19.1. The predicted octanol–water partition coefficient (Wildman–Crippen LogP) is 2.34. The number of Topliss-reactive ketones (excluding diaryl/α,β-unsaturated/α-hetero) is 1. The minimum Gasteiger partial charge on any atom is -0.394 e. The van der Waals surface area contributed by atoms with Crippen molar-refractivity contribution in [3.8, 4) is 0 Å². The third-order valence-corrected chi connectivity index (χ3v) is 6.92. The Hall–Kier alpha value is -3.64. The zero-order valence-corrected chi connectivity index (χ0v) is 20.4. The molecule has 0 aromatic carbocycles. The van der Waals surface area contributed by atoms with Gasteiger partial charge >= 0.3 is 0 Å². The summed E-state index contributed by atoms with van der Waals surface area (Å²) in [6, 6.07) is 4.29. The third-order valence-electron chi connectivity index (χ3n) is 6.92. The summed E-state index contributed by atoms with van der Waals surface area (Å²) in [5.74, 6) is -0.382. The van der Waals surface area contributed by atoms with E-state index in [1.165, 1.54) is 23.0 Å². The van der Waals surface area contributed by atoms with E-state index in [-0.39, 0.29) is 35.7 Å². The highest BCUT2D eigenvalue weighted by molar-refractivity contribution is 6.03. The number of aromatic nitrogens is 4. The summed E-state index contributed by atoms with van der Waals surface area (Å²) in [5.41, 5.74) is 7.48. The number of aliphatic hydroxyl groups is 1. The molecule has 3 aromatic heterocycles. The van der Waals surface area contributed by atoms with Gasteiger partial charge in [-0.25, -0.2) is 14.5 Å². The lowest BCUT2D eigenvalue weighted by Gasteiger charge is -2.29. The van der Waals surface area contributed by atoms with Gasteiger partial charge in [0.2, 0.25) is 5.95 Å². The van der Waals surface area contributed by atoms with E-state index in [4.69, 9.17) is 10.8 Å². The maximum atomic E-state index is 13.5. The third kappa shape index (κ3) is 6.03. The van der Waals surface area contributed by atoms with Crippen molar-refractivity contribution in [3.05, 3.63) is 42.2 Å². The molecule has 1 atom stereocenters. The molecule has 2 fully saturated rings. The van der Waals surface area contributed by atoms with Gasteiger partial charge < -0.3 is 26.8 Å². The molecule has 11 nitrogen and oxygen atoms in total. The molecule has 0 aliphatic heterocycles. The normalized spacial score (nSPS) is 20.4. The van der Waals surface area contributed by atoms with Crippen molar-refractivity contribution in [2.24, 2.45) is 11.7 Å². The van der Waals surface area contributed by atoms with E-state index >= 15 is 0 Å². The number of amides is 1. The van der Waals surface area contributed by atoms with E-state index in [0.29, 0.717) is 23.9 Å². The lowest BCUT2D eigenvalue weighted by molar-refractivity contribution is -0.122. The largest absolute Gasteiger partial charge is 0.394 e. The smallest absolute Gasteiger partial charge is 0.276 e. The zero-order valence-electron chi connectivity index (χ0n) is 20.4. The lowest BCUT2D eigenvalue weighted by atomic mass is 9.82. The number of carbonyl (C=O) groups is 2. The number of anilines is 3. The number of hydrogen-bond donors (Lipinski definition) is 5. The number of fused-ring (bicyclic) bond motifs is 1. The Kier molecular flexibility index (Phi) is 7.28. The fourth-order valence-electron chi connectivity index (χ4n) is 4.68. The van der Waals surface area contributed by atoms with Crippen LogP contribution in [0.5, 0.6) is 0 Å². The Labute approximate surface area is 213 Å². The Morgan fingerprint density at radius 1 is 1.11 bits per heavy atom. The number of nitrogens with two attached hydrogens (primary N) is 1. The van der Waals surface area contributed by atoms with Gasteiger partial charge in [-0.05, 0) is 50.5 Å². The number of carbonyl (C=O) groups excluding carboxylic acids is 2. The average Bonchev–Trinajstić information content (AvgIpc) is 3.59. The van der Waals surface area contributed by atoms with Crippen molar-refractivity contribution in [2.75, 3.05) is 22.6 Å². The van der Waals surface area contributed by atoms with Crippen LogP contribution in [0.4, 0.5) is 21.6 Å². The first-order valence-electron chi connectivity index (χ1n) is 12.6. The monoisotopic (exact) mass is 510 g/mol. The maximum absolute atomic E-state index is 13.5. The molecule has 6 N–H and O–H groups in total. The summed E-state index contributed by atoms with van der Waals surface area (Å²) in [6.07, 6.45) is 8.74. The van der Waals surface area contributed by atoms with Crippen LogP contribution in [0, 0.1) is 11.9 Å². The van der Waals surface area contributed by atoms with E-state index < -0.39 is 17.9 Å². The topological polar surface area (TPSA) is 160 Å². The van der Waals surface area contributed by atoms with Gasteiger partial charge in [-0.3, -0.25) is 9.59 Å². The van der Waals surface area contributed by atoms with Gasteiger partial charge in [0.1, 0.15) is 5.82 Å². The minimum atomic E-state index is -0.802. The first kappa shape index (κ1) is 25.0. The van der Waals surface area contributed by atoms with Crippen LogP contribution >= 0.6 is 0 Å². The number of ketones is 1. The maximum Gasteiger partial charge on any atom is 0.276 e. The molecule has 0 unspecified atom stereocenters. The Balaban J connectivity index is 1.31. The highest BCUT2D eigenvalue weighted by Gasteiger charge is 2.27. The molecule has 2 saturated carbocycles. The fourth-order valence-corrected chi connectivity index (χ4v) is 4.68. The van der Waals surface area contributed by atoms with Crippen LogP contribution in [0.25, 0.3) is 5.65 Å². The van der Waals surface area contributed by atoms with Crippen LogP contribution < -0.4 is 21.7 Å². The van der Waals surface area contributed by atoms with Crippen LogP contribution in [-0.4, -0.2) is 61.1 Å². The van der Waals surface area contributed by atoms with Gasteiger partial charge in [-0.1, -0.05) is 0 Å². The molecular formula is C25H31FN8O3. The van der Waals surface area contributed by atoms with E-state index in [9.17, 15) is 14.0 Å². The molecule has 0 bridgehead atoms. The molecule has 5 rings (SSSR count). The second-order valence-electron chi connectivity index (χ2n) is 9.88. The molecule has 0 spiro atoms. The SMILES string of the molecule is N[C@H](CO)C(=O)CC1CCC(Nc2cc(NC3CC3)c3ncc(C(=O)Nc4ccnc(F)c4)n3n2)CC1. The van der Waals surface area contributed by atoms with Gasteiger partial charge in [-0.2, -0.15) is 4.39 Å².